The number of ether oxygens (including phenoxy) is 2. The van der Waals surface area contributed by atoms with Crippen LogP contribution in [0, 0.1) is 0 Å². The maximum atomic E-state index is 10.8. The number of rotatable bonds is 3. The van der Waals surface area contributed by atoms with Gasteiger partial charge in [0.25, 0.3) is 0 Å². The minimum absolute atomic E-state index is 0.329. The number of carbonyl (C=O) groups is 1. The van der Waals surface area contributed by atoms with Crippen molar-refractivity contribution < 1.29 is 14.3 Å². The SMILES string of the molecule is CC/C(=C\OC)C(=O)OC. The quantitative estimate of drug-likeness (QED) is 0.338. The Bertz CT molecular complexity index is 138. The van der Waals surface area contributed by atoms with E-state index in [4.69, 9.17) is 0 Å². The fourth-order valence-electron chi connectivity index (χ4n) is 0.549. The molecule has 10 heavy (non-hydrogen) atoms. The van der Waals surface area contributed by atoms with Crippen molar-refractivity contribution >= 4 is 5.97 Å². The van der Waals surface area contributed by atoms with Gasteiger partial charge < -0.3 is 9.47 Å². The highest BCUT2D eigenvalue weighted by Crippen LogP contribution is 2.01. The molecule has 0 aromatic carbocycles. The van der Waals surface area contributed by atoms with Gasteiger partial charge in [-0.2, -0.15) is 0 Å². The lowest BCUT2D eigenvalue weighted by Crippen LogP contribution is -2.03. The molecule has 0 bridgehead atoms. The van der Waals surface area contributed by atoms with Crippen molar-refractivity contribution in [2.45, 2.75) is 13.3 Å². The highest BCUT2D eigenvalue weighted by Gasteiger charge is 2.05. The van der Waals surface area contributed by atoms with E-state index in [1.807, 2.05) is 6.92 Å². The zero-order chi connectivity index (χ0) is 7.98. The van der Waals surface area contributed by atoms with Crippen LogP contribution < -0.4 is 0 Å². The molecule has 0 saturated heterocycles. The summed E-state index contributed by atoms with van der Waals surface area (Å²) in [6.07, 6.45) is 2.02. The molecule has 0 radical (unpaired) electrons. The van der Waals surface area contributed by atoms with Gasteiger partial charge in [-0.25, -0.2) is 4.79 Å². The van der Waals surface area contributed by atoms with Gasteiger partial charge in [-0.3, -0.25) is 0 Å². The van der Waals surface area contributed by atoms with Gasteiger partial charge >= 0.3 is 5.97 Å². The molecule has 3 heteroatoms. The zero-order valence-corrected chi connectivity index (χ0v) is 6.51. The Kier molecular flexibility index (Phi) is 4.37. The van der Waals surface area contributed by atoms with E-state index < -0.39 is 0 Å². The fourth-order valence-corrected chi connectivity index (χ4v) is 0.549. The van der Waals surface area contributed by atoms with E-state index in [0.717, 1.165) is 0 Å². The minimum Gasteiger partial charge on any atom is -0.504 e. The van der Waals surface area contributed by atoms with Gasteiger partial charge in [0.1, 0.15) is 0 Å². The lowest BCUT2D eigenvalue weighted by Gasteiger charge is -1.99. The molecular weight excluding hydrogens is 132 g/mol. The number of hydrogen-bond donors (Lipinski definition) is 0. The third-order valence-electron chi connectivity index (χ3n) is 1.09. The molecule has 0 saturated carbocycles. The first-order chi connectivity index (χ1) is 4.76. The molecule has 0 atom stereocenters. The van der Waals surface area contributed by atoms with Crippen LogP contribution in [0.4, 0.5) is 0 Å². The van der Waals surface area contributed by atoms with E-state index >= 15 is 0 Å². The summed E-state index contributed by atoms with van der Waals surface area (Å²) >= 11 is 0. The van der Waals surface area contributed by atoms with Crippen LogP contribution in [-0.4, -0.2) is 20.2 Å². The van der Waals surface area contributed by atoms with Crippen molar-refractivity contribution in [1.29, 1.82) is 0 Å². The van der Waals surface area contributed by atoms with Crippen molar-refractivity contribution in [2.75, 3.05) is 14.2 Å². The highest BCUT2D eigenvalue weighted by molar-refractivity contribution is 5.87. The second-order valence-electron chi connectivity index (χ2n) is 1.72. The Hall–Kier alpha value is -0.990. The van der Waals surface area contributed by atoms with Crippen LogP contribution >= 0.6 is 0 Å². The predicted octanol–water partition coefficient (Wildman–Crippen LogP) is 1.10. The van der Waals surface area contributed by atoms with Gasteiger partial charge in [0.15, 0.2) is 0 Å². The van der Waals surface area contributed by atoms with Crippen LogP contribution in [0.1, 0.15) is 13.3 Å². The summed E-state index contributed by atoms with van der Waals surface area (Å²) in [6, 6.07) is 0. The van der Waals surface area contributed by atoms with E-state index in [1.165, 1.54) is 20.5 Å². The first-order valence-corrected chi connectivity index (χ1v) is 3.06. The summed E-state index contributed by atoms with van der Waals surface area (Å²) in [7, 11) is 2.85. The molecule has 0 aromatic heterocycles. The third-order valence-corrected chi connectivity index (χ3v) is 1.09. The van der Waals surface area contributed by atoms with Gasteiger partial charge in [0, 0.05) is 0 Å². The van der Waals surface area contributed by atoms with E-state index in [-0.39, 0.29) is 5.97 Å². The predicted molar refractivity (Wildman–Crippen MR) is 37.4 cm³/mol. The summed E-state index contributed by atoms with van der Waals surface area (Å²) in [4.78, 5) is 10.8. The average Bonchev–Trinajstić information content (AvgIpc) is 1.99. The number of methoxy groups -OCH3 is 2. The summed E-state index contributed by atoms with van der Waals surface area (Å²) in [5, 5.41) is 0. The normalized spacial score (nSPS) is 10.9. The van der Waals surface area contributed by atoms with Gasteiger partial charge in [-0.15, -0.1) is 0 Å². The molecule has 58 valence electrons. The van der Waals surface area contributed by atoms with E-state index in [1.54, 1.807) is 0 Å². The molecule has 0 aliphatic rings. The molecule has 0 rings (SSSR count). The Morgan fingerprint density at radius 1 is 1.50 bits per heavy atom. The van der Waals surface area contributed by atoms with E-state index in [0.29, 0.717) is 12.0 Å². The minimum atomic E-state index is -0.329. The Balaban J connectivity index is 4.06. The lowest BCUT2D eigenvalue weighted by molar-refractivity contribution is -0.136. The lowest BCUT2D eigenvalue weighted by atomic mass is 10.2. The number of hydrogen-bond acceptors (Lipinski definition) is 3. The van der Waals surface area contributed by atoms with Crippen molar-refractivity contribution in [3.05, 3.63) is 11.8 Å². The summed E-state index contributed by atoms with van der Waals surface area (Å²) < 4.78 is 9.12. The molecule has 0 spiro atoms. The van der Waals surface area contributed by atoms with E-state index in [2.05, 4.69) is 9.47 Å². The van der Waals surface area contributed by atoms with Crippen molar-refractivity contribution in [3.8, 4) is 0 Å². The molecule has 0 N–H and O–H groups in total. The highest BCUT2D eigenvalue weighted by atomic mass is 16.5. The van der Waals surface area contributed by atoms with Gasteiger partial charge in [-0.05, 0) is 6.42 Å². The van der Waals surface area contributed by atoms with Crippen LogP contribution in [0.5, 0.6) is 0 Å². The largest absolute Gasteiger partial charge is 0.504 e. The molecule has 0 unspecified atom stereocenters. The van der Waals surface area contributed by atoms with Crippen LogP contribution in [0.3, 0.4) is 0 Å². The fraction of sp³-hybridized carbons (Fsp3) is 0.571. The summed E-state index contributed by atoms with van der Waals surface area (Å²) in [5.74, 6) is -0.329. The molecule has 0 aliphatic heterocycles. The number of esters is 1. The van der Waals surface area contributed by atoms with Crippen molar-refractivity contribution in [1.82, 2.24) is 0 Å². The maximum Gasteiger partial charge on any atom is 0.336 e. The number of carbonyl (C=O) groups excluding carboxylic acids is 1. The first-order valence-electron chi connectivity index (χ1n) is 3.06. The maximum absolute atomic E-state index is 10.8. The second-order valence-corrected chi connectivity index (χ2v) is 1.72. The molecule has 0 fully saturated rings. The standard InChI is InChI=1S/C7H12O3/c1-4-6(5-9-2)7(8)10-3/h5H,4H2,1-3H3/b6-5+. The van der Waals surface area contributed by atoms with Crippen LogP contribution in [0.2, 0.25) is 0 Å². The molecule has 3 nitrogen and oxygen atoms in total. The monoisotopic (exact) mass is 144 g/mol. The first kappa shape index (κ1) is 9.01. The van der Waals surface area contributed by atoms with Gasteiger partial charge in [0.05, 0.1) is 26.1 Å². The molecule has 0 heterocycles. The van der Waals surface area contributed by atoms with Gasteiger partial charge in [-0.1, -0.05) is 6.92 Å². The third kappa shape index (κ3) is 2.53. The summed E-state index contributed by atoms with van der Waals surface area (Å²) in [5.41, 5.74) is 0.546. The summed E-state index contributed by atoms with van der Waals surface area (Å²) in [6.45, 7) is 1.86. The average molecular weight is 144 g/mol. The zero-order valence-electron chi connectivity index (χ0n) is 6.51. The van der Waals surface area contributed by atoms with Crippen LogP contribution in [-0.2, 0) is 14.3 Å². The Morgan fingerprint density at radius 3 is 2.40 bits per heavy atom. The van der Waals surface area contributed by atoms with Crippen LogP contribution in [0.25, 0.3) is 0 Å². The molecule has 0 amide bonds. The smallest absolute Gasteiger partial charge is 0.336 e. The Labute approximate surface area is 60.6 Å². The second kappa shape index (κ2) is 4.85. The van der Waals surface area contributed by atoms with Gasteiger partial charge in [0.2, 0.25) is 0 Å². The molecule has 0 aromatic rings. The Morgan fingerprint density at radius 2 is 2.10 bits per heavy atom. The van der Waals surface area contributed by atoms with Crippen LogP contribution in [0.15, 0.2) is 11.8 Å². The molecule has 0 aliphatic carbocycles. The topological polar surface area (TPSA) is 35.5 Å². The molecular formula is C7H12O3. The van der Waals surface area contributed by atoms with Crippen molar-refractivity contribution in [3.63, 3.8) is 0 Å². The van der Waals surface area contributed by atoms with E-state index in [9.17, 15) is 4.79 Å². The van der Waals surface area contributed by atoms with Crippen molar-refractivity contribution in [2.24, 2.45) is 0 Å².